The van der Waals surface area contributed by atoms with Crippen molar-refractivity contribution in [2.24, 2.45) is 0 Å². The first kappa shape index (κ1) is 13.0. The SMILES string of the molecule is Cc1c(O)cccc1[Si](C)(C)C.[H-].[H-].[Mg+2]. The molecule has 1 aromatic rings. The molecule has 0 saturated heterocycles. The standard InChI is InChI=1S/C10H16OSi.Mg.2H/c1-8-9(11)6-5-7-10(8)12(2,3)4;;;/h5-7,11H,1-4H3;;;/q;+2;2*-1. The van der Waals surface area contributed by atoms with E-state index in [1.807, 2.05) is 13.0 Å². The van der Waals surface area contributed by atoms with Crippen molar-refractivity contribution < 1.29 is 7.96 Å². The van der Waals surface area contributed by atoms with Crippen LogP contribution in [-0.4, -0.2) is 36.2 Å². The van der Waals surface area contributed by atoms with Crippen LogP contribution in [0.25, 0.3) is 0 Å². The molecule has 0 radical (unpaired) electrons. The summed E-state index contributed by atoms with van der Waals surface area (Å²) in [7, 11) is -1.27. The van der Waals surface area contributed by atoms with Gasteiger partial charge in [0.25, 0.3) is 0 Å². The Hall–Kier alpha value is 0.00312. The van der Waals surface area contributed by atoms with E-state index in [1.165, 1.54) is 5.19 Å². The summed E-state index contributed by atoms with van der Waals surface area (Å²) in [6.45, 7) is 8.85. The molecule has 0 aliphatic carbocycles. The molecule has 13 heavy (non-hydrogen) atoms. The molecule has 70 valence electrons. The van der Waals surface area contributed by atoms with Crippen LogP contribution in [0.1, 0.15) is 8.42 Å². The summed E-state index contributed by atoms with van der Waals surface area (Å²) in [5.74, 6) is 0.426. The quantitative estimate of drug-likeness (QED) is 0.698. The average molecular weight is 207 g/mol. The van der Waals surface area contributed by atoms with Crippen molar-refractivity contribution in [1.82, 2.24) is 0 Å². The number of hydrogen-bond donors (Lipinski definition) is 1. The second-order valence-electron chi connectivity index (χ2n) is 4.20. The maximum Gasteiger partial charge on any atom is 2.00 e. The Kier molecular flexibility index (Phi) is 4.48. The van der Waals surface area contributed by atoms with E-state index in [1.54, 1.807) is 6.07 Å². The molecule has 0 spiro atoms. The van der Waals surface area contributed by atoms with Crippen LogP contribution in [0.2, 0.25) is 19.6 Å². The van der Waals surface area contributed by atoms with Gasteiger partial charge in [0.2, 0.25) is 0 Å². The van der Waals surface area contributed by atoms with Gasteiger partial charge in [-0.25, -0.2) is 0 Å². The Morgan fingerprint density at radius 2 is 1.77 bits per heavy atom. The van der Waals surface area contributed by atoms with E-state index < -0.39 is 8.07 Å². The van der Waals surface area contributed by atoms with Crippen molar-refractivity contribution in [2.75, 3.05) is 0 Å². The van der Waals surface area contributed by atoms with E-state index in [0.29, 0.717) is 5.75 Å². The van der Waals surface area contributed by atoms with Crippen LogP contribution in [0, 0.1) is 6.92 Å². The molecule has 0 atom stereocenters. The fourth-order valence-corrected chi connectivity index (χ4v) is 3.29. The van der Waals surface area contributed by atoms with E-state index in [4.69, 9.17) is 0 Å². The first-order valence-corrected chi connectivity index (χ1v) is 7.72. The van der Waals surface area contributed by atoms with E-state index in [-0.39, 0.29) is 25.9 Å². The topological polar surface area (TPSA) is 20.2 Å². The zero-order valence-corrected chi connectivity index (χ0v) is 11.3. The van der Waals surface area contributed by atoms with Gasteiger partial charge < -0.3 is 7.96 Å². The van der Waals surface area contributed by atoms with Gasteiger partial charge in [-0.05, 0) is 18.6 Å². The summed E-state index contributed by atoms with van der Waals surface area (Å²) in [4.78, 5) is 0. The maximum atomic E-state index is 9.49. The first-order chi connectivity index (χ1) is 5.43. The van der Waals surface area contributed by atoms with Crippen LogP contribution in [0.5, 0.6) is 5.75 Å². The van der Waals surface area contributed by atoms with Crippen molar-refractivity contribution in [3.05, 3.63) is 23.8 Å². The molecule has 1 aromatic carbocycles. The zero-order chi connectivity index (χ0) is 9.35. The summed E-state index contributed by atoms with van der Waals surface area (Å²) in [6.07, 6.45) is 0. The van der Waals surface area contributed by atoms with Crippen LogP contribution in [0.15, 0.2) is 18.2 Å². The molecule has 1 N–H and O–H groups in total. The van der Waals surface area contributed by atoms with Gasteiger partial charge in [0.15, 0.2) is 0 Å². The summed E-state index contributed by atoms with van der Waals surface area (Å²) >= 11 is 0. The van der Waals surface area contributed by atoms with Crippen molar-refractivity contribution in [3.63, 3.8) is 0 Å². The average Bonchev–Trinajstić information content (AvgIpc) is 1.92. The number of phenolic OH excluding ortho intramolecular Hbond substituents is 1. The van der Waals surface area contributed by atoms with Gasteiger partial charge in [0.05, 0.1) is 8.07 Å². The Labute approximate surface area is 100 Å². The van der Waals surface area contributed by atoms with Crippen LogP contribution in [-0.2, 0) is 0 Å². The van der Waals surface area contributed by atoms with Crippen LogP contribution >= 0.6 is 0 Å². The molecule has 0 aromatic heterocycles. The molecule has 0 unspecified atom stereocenters. The van der Waals surface area contributed by atoms with Gasteiger partial charge in [0.1, 0.15) is 5.75 Å². The Bertz CT molecular complexity index is 300. The minimum atomic E-state index is -1.27. The van der Waals surface area contributed by atoms with Crippen LogP contribution in [0.3, 0.4) is 0 Å². The number of aromatic hydroxyl groups is 1. The van der Waals surface area contributed by atoms with Crippen LogP contribution in [0.4, 0.5) is 0 Å². The summed E-state index contributed by atoms with van der Waals surface area (Å²) in [6, 6.07) is 5.80. The molecular weight excluding hydrogens is 188 g/mol. The number of rotatable bonds is 1. The molecule has 1 nitrogen and oxygen atoms in total. The fraction of sp³-hybridized carbons (Fsp3) is 0.400. The second kappa shape index (κ2) is 4.48. The van der Waals surface area contributed by atoms with Crippen molar-refractivity contribution >= 4 is 36.3 Å². The third kappa shape index (κ3) is 3.00. The molecule has 3 heteroatoms. The Morgan fingerprint density at radius 3 is 2.15 bits per heavy atom. The Balaban J connectivity index is -0.000000480. The smallest absolute Gasteiger partial charge is 1.00 e. The minimum absolute atomic E-state index is 0. The van der Waals surface area contributed by atoms with E-state index in [2.05, 4.69) is 25.7 Å². The Morgan fingerprint density at radius 1 is 1.23 bits per heavy atom. The third-order valence-corrected chi connectivity index (χ3v) is 4.27. The van der Waals surface area contributed by atoms with Gasteiger partial charge in [-0.2, -0.15) is 0 Å². The molecule has 0 aliphatic heterocycles. The van der Waals surface area contributed by atoms with Gasteiger partial charge >= 0.3 is 23.1 Å². The molecule has 0 bridgehead atoms. The molecular formula is C10H18MgOSi. The third-order valence-electron chi connectivity index (χ3n) is 2.11. The maximum absolute atomic E-state index is 9.49. The zero-order valence-electron chi connectivity index (χ0n) is 10.9. The van der Waals surface area contributed by atoms with E-state index in [9.17, 15) is 5.11 Å². The summed E-state index contributed by atoms with van der Waals surface area (Å²) in [5.41, 5.74) is 1.05. The first-order valence-electron chi connectivity index (χ1n) is 4.22. The predicted molar refractivity (Wildman–Crippen MR) is 63.8 cm³/mol. The van der Waals surface area contributed by atoms with Gasteiger partial charge in [0, 0.05) is 0 Å². The fourth-order valence-electron chi connectivity index (χ4n) is 1.44. The molecule has 0 fully saturated rings. The molecule has 1 rings (SSSR count). The molecule has 0 heterocycles. The van der Waals surface area contributed by atoms with Crippen molar-refractivity contribution in [1.29, 1.82) is 0 Å². The number of phenols is 1. The van der Waals surface area contributed by atoms with E-state index in [0.717, 1.165) is 5.56 Å². The molecule has 0 amide bonds. The second-order valence-corrected chi connectivity index (χ2v) is 9.24. The molecule has 0 saturated carbocycles. The van der Waals surface area contributed by atoms with Crippen LogP contribution < -0.4 is 5.19 Å². The monoisotopic (exact) mass is 206 g/mol. The number of hydrogen-bond acceptors (Lipinski definition) is 1. The normalized spacial score (nSPS) is 10.8. The van der Waals surface area contributed by atoms with Gasteiger partial charge in [-0.1, -0.05) is 37.0 Å². The minimum Gasteiger partial charge on any atom is -1.00 e. The molecule has 0 aliphatic rings. The van der Waals surface area contributed by atoms with Gasteiger partial charge in [-0.3, -0.25) is 0 Å². The number of benzene rings is 1. The largest absolute Gasteiger partial charge is 2.00 e. The predicted octanol–water partition coefficient (Wildman–Crippen LogP) is 2.09. The van der Waals surface area contributed by atoms with Gasteiger partial charge in [-0.15, -0.1) is 0 Å². The van der Waals surface area contributed by atoms with Crippen molar-refractivity contribution in [3.8, 4) is 5.75 Å². The summed E-state index contributed by atoms with van der Waals surface area (Å²) < 4.78 is 0. The summed E-state index contributed by atoms with van der Waals surface area (Å²) in [5, 5.41) is 10.8. The van der Waals surface area contributed by atoms with Crippen molar-refractivity contribution in [2.45, 2.75) is 26.6 Å². The van der Waals surface area contributed by atoms with E-state index >= 15 is 0 Å².